The molecule has 0 aliphatic heterocycles. The molecule has 2 aromatic rings. The molecule has 3 rings (SSSR count). The van der Waals surface area contributed by atoms with Crippen molar-refractivity contribution in [2.75, 3.05) is 6.54 Å². The van der Waals surface area contributed by atoms with Gasteiger partial charge in [-0.1, -0.05) is 31.0 Å². The van der Waals surface area contributed by atoms with Gasteiger partial charge < -0.3 is 10.4 Å². The summed E-state index contributed by atoms with van der Waals surface area (Å²) in [5.41, 5.74) is 1.68. The predicted molar refractivity (Wildman–Crippen MR) is 80.4 cm³/mol. The molecule has 1 fully saturated rings. The van der Waals surface area contributed by atoms with Crippen LogP contribution in [0, 0.1) is 5.92 Å². The monoisotopic (exact) mass is 273 g/mol. The number of benzene rings is 1. The summed E-state index contributed by atoms with van der Waals surface area (Å²) in [5.74, 6) is 0.443. The van der Waals surface area contributed by atoms with E-state index in [2.05, 4.69) is 27.6 Å². The Labute approximate surface area is 119 Å². The van der Waals surface area contributed by atoms with E-state index in [1.807, 2.05) is 19.2 Å². The summed E-state index contributed by atoms with van der Waals surface area (Å²) >= 11 is 0. The molecule has 0 bridgehead atoms. The molecule has 1 heterocycles. The second-order valence-electron chi connectivity index (χ2n) is 6.19. The Kier molecular flexibility index (Phi) is 3.76. The zero-order valence-electron chi connectivity index (χ0n) is 12.0. The highest BCUT2D eigenvalue weighted by molar-refractivity contribution is 5.81. The van der Waals surface area contributed by atoms with Crippen LogP contribution >= 0.6 is 0 Å². The van der Waals surface area contributed by atoms with Crippen LogP contribution < -0.4 is 5.32 Å². The van der Waals surface area contributed by atoms with Crippen LogP contribution in [0.5, 0.6) is 0 Å². The molecule has 1 saturated carbocycles. The second-order valence-corrected chi connectivity index (χ2v) is 6.19. The average molecular weight is 273 g/mol. The van der Waals surface area contributed by atoms with Crippen LogP contribution in [0.1, 0.15) is 38.2 Å². The zero-order valence-corrected chi connectivity index (χ0v) is 12.0. The largest absolute Gasteiger partial charge is 0.389 e. The van der Waals surface area contributed by atoms with E-state index in [9.17, 15) is 5.11 Å². The van der Waals surface area contributed by atoms with Crippen molar-refractivity contribution in [1.82, 2.24) is 15.5 Å². The zero-order chi connectivity index (χ0) is 14.0. The molecule has 4 heteroatoms. The van der Waals surface area contributed by atoms with Crippen molar-refractivity contribution in [2.24, 2.45) is 5.92 Å². The number of nitrogens with zero attached hydrogens (tertiary/aromatic N) is 1. The summed E-state index contributed by atoms with van der Waals surface area (Å²) in [6, 6.07) is 6.19. The second kappa shape index (κ2) is 5.54. The first-order valence-corrected chi connectivity index (χ1v) is 7.51. The van der Waals surface area contributed by atoms with E-state index in [1.165, 1.54) is 18.4 Å². The summed E-state index contributed by atoms with van der Waals surface area (Å²) in [6.45, 7) is 3.36. The lowest BCUT2D eigenvalue weighted by molar-refractivity contribution is 0.00218. The van der Waals surface area contributed by atoms with Crippen molar-refractivity contribution in [2.45, 2.75) is 44.8 Å². The fraction of sp³-hybridized carbons (Fsp3) is 0.562. The number of aromatic amines is 1. The summed E-state index contributed by atoms with van der Waals surface area (Å²) in [6.07, 6.45) is 6.67. The minimum absolute atomic E-state index is 0.443. The van der Waals surface area contributed by atoms with Gasteiger partial charge in [-0.2, -0.15) is 5.10 Å². The number of aromatic nitrogens is 2. The molecule has 20 heavy (non-hydrogen) atoms. The fourth-order valence-corrected chi connectivity index (χ4v) is 3.32. The van der Waals surface area contributed by atoms with Crippen molar-refractivity contribution in [3.63, 3.8) is 0 Å². The molecule has 3 N–H and O–H groups in total. The third kappa shape index (κ3) is 2.72. The molecule has 1 aliphatic carbocycles. The van der Waals surface area contributed by atoms with Crippen LogP contribution in [0.15, 0.2) is 24.4 Å². The third-order valence-electron chi connectivity index (χ3n) is 4.60. The molecule has 0 spiro atoms. The SMILES string of the molecule is C[C@](O)(CNCc1cccc2cn[nH]c12)C1CCCC1. The third-order valence-corrected chi connectivity index (χ3v) is 4.60. The summed E-state index contributed by atoms with van der Waals surface area (Å²) in [4.78, 5) is 0. The van der Waals surface area contributed by atoms with E-state index in [1.54, 1.807) is 0 Å². The van der Waals surface area contributed by atoms with Gasteiger partial charge in [-0.3, -0.25) is 5.10 Å². The van der Waals surface area contributed by atoms with Gasteiger partial charge in [-0.05, 0) is 31.2 Å². The normalized spacial score (nSPS) is 19.5. The van der Waals surface area contributed by atoms with Crippen LogP contribution in [-0.2, 0) is 6.54 Å². The van der Waals surface area contributed by atoms with Crippen molar-refractivity contribution in [1.29, 1.82) is 0 Å². The van der Waals surface area contributed by atoms with Crippen LogP contribution in [0.4, 0.5) is 0 Å². The maximum absolute atomic E-state index is 10.6. The summed E-state index contributed by atoms with van der Waals surface area (Å²) in [5, 5.41) is 22.2. The minimum atomic E-state index is -0.599. The lowest BCUT2D eigenvalue weighted by atomic mass is 9.87. The van der Waals surface area contributed by atoms with Gasteiger partial charge in [0.25, 0.3) is 0 Å². The number of nitrogens with one attached hydrogen (secondary N) is 2. The number of hydrogen-bond acceptors (Lipinski definition) is 3. The Morgan fingerprint density at radius 2 is 2.20 bits per heavy atom. The molecule has 1 aromatic carbocycles. The Morgan fingerprint density at radius 3 is 3.00 bits per heavy atom. The number of rotatable bonds is 5. The number of H-pyrrole nitrogens is 1. The molecule has 0 unspecified atom stereocenters. The molecule has 1 aliphatic rings. The smallest absolute Gasteiger partial charge is 0.0771 e. The van der Waals surface area contributed by atoms with Crippen LogP contribution in [0.2, 0.25) is 0 Å². The predicted octanol–water partition coefficient (Wildman–Crippen LogP) is 2.59. The van der Waals surface area contributed by atoms with Gasteiger partial charge in [0, 0.05) is 18.5 Å². The molecule has 4 nitrogen and oxygen atoms in total. The highest BCUT2D eigenvalue weighted by Crippen LogP contribution is 2.33. The fourth-order valence-electron chi connectivity index (χ4n) is 3.32. The molecule has 0 amide bonds. The Hall–Kier alpha value is -1.39. The minimum Gasteiger partial charge on any atom is -0.389 e. The lowest BCUT2D eigenvalue weighted by Crippen LogP contribution is -2.43. The van der Waals surface area contributed by atoms with E-state index in [4.69, 9.17) is 0 Å². The highest BCUT2D eigenvalue weighted by atomic mass is 16.3. The van der Waals surface area contributed by atoms with Crippen molar-refractivity contribution < 1.29 is 5.11 Å². The molecular weight excluding hydrogens is 250 g/mol. The maximum atomic E-state index is 10.6. The number of hydrogen-bond donors (Lipinski definition) is 3. The molecular formula is C16H23N3O. The number of fused-ring (bicyclic) bond motifs is 1. The quantitative estimate of drug-likeness (QED) is 0.784. The van der Waals surface area contributed by atoms with Crippen LogP contribution in [-0.4, -0.2) is 27.4 Å². The molecule has 0 saturated heterocycles. The van der Waals surface area contributed by atoms with Gasteiger partial charge in [-0.25, -0.2) is 0 Å². The van der Waals surface area contributed by atoms with E-state index >= 15 is 0 Å². The van der Waals surface area contributed by atoms with Gasteiger partial charge in [0.1, 0.15) is 0 Å². The van der Waals surface area contributed by atoms with E-state index in [0.717, 1.165) is 30.3 Å². The average Bonchev–Trinajstić information content (AvgIpc) is 3.10. The maximum Gasteiger partial charge on any atom is 0.0771 e. The molecule has 1 atom stereocenters. The van der Waals surface area contributed by atoms with E-state index < -0.39 is 5.60 Å². The van der Waals surface area contributed by atoms with Crippen LogP contribution in [0.3, 0.4) is 0 Å². The van der Waals surface area contributed by atoms with Crippen molar-refractivity contribution in [3.8, 4) is 0 Å². The Morgan fingerprint density at radius 1 is 1.40 bits per heavy atom. The van der Waals surface area contributed by atoms with Gasteiger partial charge in [0.15, 0.2) is 0 Å². The van der Waals surface area contributed by atoms with E-state index in [-0.39, 0.29) is 0 Å². The first-order chi connectivity index (χ1) is 9.67. The van der Waals surface area contributed by atoms with Gasteiger partial charge in [-0.15, -0.1) is 0 Å². The van der Waals surface area contributed by atoms with Crippen molar-refractivity contribution >= 4 is 10.9 Å². The molecule has 1 aromatic heterocycles. The first-order valence-electron chi connectivity index (χ1n) is 7.51. The van der Waals surface area contributed by atoms with Gasteiger partial charge >= 0.3 is 0 Å². The Balaban J connectivity index is 1.61. The topological polar surface area (TPSA) is 60.9 Å². The Bertz CT molecular complexity index is 570. The highest BCUT2D eigenvalue weighted by Gasteiger charge is 2.33. The standard InChI is InChI=1S/C16H23N3O/c1-16(20,14-7-2-3-8-14)11-17-9-12-5-4-6-13-10-18-19-15(12)13/h4-6,10,14,17,20H,2-3,7-9,11H2,1H3,(H,18,19)/t16-/m0/s1. The van der Waals surface area contributed by atoms with Gasteiger partial charge in [0.05, 0.1) is 17.3 Å². The summed E-state index contributed by atoms with van der Waals surface area (Å²) < 4.78 is 0. The molecule has 108 valence electrons. The number of aliphatic hydroxyl groups is 1. The molecule has 0 radical (unpaired) electrons. The number of para-hydroxylation sites is 1. The van der Waals surface area contributed by atoms with Crippen molar-refractivity contribution in [3.05, 3.63) is 30.0 Å². The first kappa shape index (κ1) is 13.6. The van der Waals surface area contributed by atoms with Crippen LogP contribution in [0.25, 0.3) is 10.9 Å². The van der Waals surface area contributed by atoms with Gasteiger partial charge in [0.2, 0.25) is 0 Å². The lowest BCUT2D eigenvalue weighted by Gasteiger charge is -2.30. The van der Waals surface area contributed by atoms with E-state index in [0.29, 0.717) is 12.5 Å². The summed E-state index contributed by atoms with van der Waals surface area (Å²) in [7, 11) is 0.